The van der Waals surface area contributed by atoms with E-state index in [1.165, 1.54) is 22.5 Å². The van der Waals surface area contributed by atoms with Crippen molar-refractivity contribution in [1.29, 1.82) is 0 Å². The van der Waals surface area contributed by atoms with Crippen molar-refractivity contribution in [3.05, 3.63) is 54.3 Å². The van der Waals surface area contributed by atoms with Gasteiger partial charge in [0.05, 0.1) is 12.0 Å². The van der Waals surface area contributed by atoms with Crippen molar-refractivity contribution in [2.45, 2.75) is 4.90 Å². The quantitative estimate of drug-likeness (QED) is 0.849. The van der Waals surface area contributed by atoms with Gasteiger partial charge in [-0.25, -0.2) is 12.8 Å². The van der Waals surface area contributed by atoms with Gasteiger partial charge in [0.25, 0.3) is 0 Å². The van der Waals surface area contributed by atoms with E-state index in [2.05, 4.69) is 4.90 Å². The van der Waals surface area contributed by atoms with Crippen LogP contribution in [-0.2, 0) is 10.0 Å². The Bertz CT molecular complexity index is 818. The van der Waals surface area contributed by atoms with Crippen molar-refractivity contribution in [2.24, 2.45) is 0 Å². The number of nitrogens with zero attached hydrogens (tertiary/aromatic N) is 2. The summed E-state index contributed by atoms with van der Waals surface area (Å²) in [6.45, 7) is 1.86. The number of halogens is 1. The monoisotopic (exact) mass is 350 g/mol. The van der Waals surface area contributed by atoms with Crippen LogP contribution in [0.5, 0.6) is 5.75 Å². The standard InChI is InChI=1S/C17H19FN2O3S/c1-23-16-6-3-5-15(13-16)19-8-10-20(11-9-19)24(21,22)17-7-2-4-14(18)12-17/h2-7,12-13H,8-11H2,1H3. The second-order valence-electron chi connectivity index (χ2n) is 5.55. The molecule has 0 amide bonds. The summed E-state index contributed by atoms with van der Waals surface area (Å²) in [6, 6.07) is 12.8. The molecule has 1 saturated heterocycles. The Morgan fingerprint density at radius 1 is 1.00 bits per heavy atom. The molecule has 0 aliphatic carbocycles. The highest BCUT2D eigenvalue weighted by atomic mass is 32.2. The zero-order chi connectivity index (χ0) is 17.2. The van der Waals surface area contributed by atoms with Crippen molar-refractivity contribution in [1.82, 2.24) is 4.31 Å². The maximum Gasteiger partial charge on any atom is 0.243 e. The van der Waals surface area contributed by atoms with Crippen molar-refractivity contribution < 1.29 is 17.5 Å². The van der Waals surface area contributed by atoms with Gasteiger partial charge in [0.15, 0.2) is 0 Å². The molecule has 0 atom stereocenters. The van der Waals surface area contributed by atoms with E-state index in [0.29, 0.717) is 26.2 Å². The molecule has 1 aliphatic rings. The number of methoxy groups -OCH3 is 1. The molecule has 1 heterocycles. The Balaban J connectivity index is 1.72. The van der Waals surface area contributed by atoms with Gasteiger partial charge in [0.1, 0.15) is 11.6 Å². The highest BCUT2D eigenvalue weighted by Crippen LogP contribution is 2.24. The third-order valence-corrected chi connectivity index (χ3v) is 5.99. The molecule has 0 saturated carbocycles. The lowest BCUT2D eigenvalue weighted by Gasteiger charge is -2.35. The van der Waals surface area contributed by atoms with Crippen LogP contribution in [0.15, 0.2) is 53.4 Å². The van der Waals surface area contributed by atoms with Crippen LogP contribution in [0.4, 0.5) is 10.1 Å². The molecule has 2 aromatic rings. The van der Waals surface area contributed by atoms with Gasteiger partial charge < -0.3 is 9.64 Å². The molecule has 0 unspecified atom stereocenters. The van der Waals surface area contributed by atoms with E-state index in [9.17, 15) is 12.8 Å². The summed E-state index contributed by atoms with van der Waals surface area (Å²) in [4.78, 5) is 2.11. The van der Waals surface area contributed by atoms with E-state index in [4.69, 9.17) is 4.74 Å². The van der Waals surface area contributed by atoms with E-state index < -0.39 is 15.8 Å². The minimum absolute atomic E-state index is 0.00247. The summed E-state index contributed by atoms with van der Waals surface area (Å²) in [5.41, 5.74) is 0.997. The molecular weight excluding hydrogens is 331 g/mol. The lowest BCUT2D eigenvalue weighted by atomic mass is 10.2. The molecular formula is C17H19FN2O3S. The number of piperazine rings is 1. The molecule has 0 aromatic heterocycles. The van der Waals surface area contributed by atoms with E-state index >= 15 is 0 Å². The highest BCUT2D eigenvalue weighted by Gasteiger charge is 2.28. The van der Waals surface area contributed by atoms with E-state index in [0.717, 1.165) is 17.5 Å². The lowest BCUT2D eigenvalue weighted by Crippen LogP contribution is -2.48. The molecule has 1 aliphatic heterocycles. The van der Waals surface area contributed by atoms with Crippen LogP contribution < -0.4 is 9.64 Å². The van der Waals surface area contributed by atoms with Crippen LogP contribution in [0, 0.1) is 5.82 Å². The summed E-state index contributed by atoms with van der Waals surface area (Å²) >= 11 is 0. The third-order valence-electron chi connectivity index (χ3n) is 4.09. The smallest absolute Gasteiger partial charge is 0.243 e. The topological polar surface area (TPSA) is 49.9 Å². The van der Waals surface area contributed by atoms with Crippen LogP contribution in [0.25, 0.3) is 0 Å². The predicted octanol–water partition coefficient (Wildman–Crippen LogP) is 2.35. The maximum atomic E-state index is 13.3. The fourth-order valence-corrected chi connectivity index (χ4v) is 4.22. The first-order valence-corrected chi connectivity index (χ1v) is 9.09. The van der Waals surface area contributed by atoms with Crippen LogP contribution in [0.3, 0.4) is 0 Å². The Morgan fingerprint density at radius 2 is 1.71 bits per heavy atom. The number of rotatable bonds is 4. The molecule has 0 N–H and O–H groups in total. The predicted molar refractivity (Wildman–Crippen MR) is 90.4 cm³/mol. The molecule has 2 aromatic carbocycles. The minimum atomic E-state index is -3.66. The Labute approximate surface area is 141 Å². The van der Waals surface area contributed by atoms with Gasteiger partial charge in [-0.2, -0.15) is 4.31 Å². The van der Waals surface area contributed by atoms with Gasteiger partial charge in [-0.3, -0.25) is 0 Å². The Kier molecular flexibility index (Phi) is 4.73. The van der Waals surface area contributed by atoms with Crippen molar-refractivity contribution in [3.63, 3.8) is 0 Å². The van der Waals surface area contributed by atoms with E-state index in [-0.39, 0.29) is 4.90 Å². The first-order valence-electron chi connectivity index (χ1n) is 7.65. The number of sulfonamides is 1. The number of anilines is 1. The first kappa shape index (κ1) is 16.7. The Morgan fingerprint density at radius 3 is 2.38 bits per heavy atom. The van der Waals surface area contributed by atoms with Gasteiger partial charge in [-0.05, 0) is 30.3 Å². The fraction of sp³-hybridized carbons (Fsp3) is 0.294. The molecule has 0 bridgehead atoms. The van der Waals surface area contributed by atoms with Crippen LogP contribution in [0.2, 0.25) is 0 Å². The molecule has 0 radical (unpaired) electrons. The average molecular weight is 350 g/mol. The highest BCUT2D eigenvalue weighted by molar-refractivity contribution is 7.89. The number of ether oxygens (including phenoxy) is 1. The molecule has 0 spiro atoms. The largest absolute Gasteiger partial charge is 0.497 e. The summed E-state index contributed by atoms with van der Waals surface area (Å²) < 4.78 is 45.1. The second kappa shape index (κ2) is 6.78. The normalized spacial score (nSPS) is 16.2. The molecule has 7 heteroatoms. The molecule has 3 rings (SSSR count). The van der Waals surface area contributed by atoms with Crippen LogP contribution in [0.1, 0.15) is 0 Å². The second-order valence-corrected chi connectivity index (χ2v) is 7.49. The van der Waals surface area contributed by atoms with Gasteiger partial charge >= 0.3 is 0 Å². The number of benzene rings is 2. The summed E-state index contributed by atoms with van der Waals surface area (Å²) in [5.74, 6) is 0.216. The van der Waals surface area contributed by atoms with Gasteiger partial charge in [-0.15, -0.1) is 0 Å². The summed E-state index contributed by atoms with van der Waals surface area (Å²) in [7, 11) is -2.05. The van der Waals surface area contributed by atoms with Crippen LogP contribution in [-0.4, -0.2) is 46.0 Å². The van der Waals surface area contributed by atoms with Gasteiger partial charge in [0, 0.05) is 37.9 Å². The molecule has 5 nitrogen and oxygen atoms in total. The average Bonchev–Trinajstić information content (AvgIpc) is 2.62. The van der Waals surface area contributed by atoms with Crippen molar-refractivity contribution >= 4 is 15.7 Å². The van der Waals surface area contributed by atoms with E-state index in [1.54, 1.807) is 7.11 Å². The van der Waals surface area contributed by atoms with Crippen molar-refractivity contribution in [2.75, 3.05) is 38.2 Å². The lowest BCUT2D eigenvalue weighted by molar-refractivity contribution is 0.383. The summed E-state index contributed by atoms with van der Waals surface area (Å²) in [5, 5.41) is 0. The van der Waals surface area contributed by atoms with Gasteiger partial charge in [-0.1, -0.05) is 12.1 Å². The number of hydrogen-bond acceptors (Lipinski definition) is 4. The summed E-state index contributed by atoms with van der Waals surface area (Å²) in [6.07, 6.45) is 0. The Hall–Kier alpha value is -2.12. The van der Waals surface area contributed by atoms with Gasteiger partial charge in [0.2, 0.25) is 10.0 Å². The zero-order valence-electron chi connectivity index (χ0n) is 13.4. The first-order chi connectivity index (χ1) is 11.5. The fourth-order valence-electron chi connectivity index (χ4n) is 2.77. The number of hydrogen-bond donors (Lipinski definition) is 0. The third kappa shape index (κ3) is 3.37. The molecule has 128 valence electrons. The van der Waals surface area contributed by atoms with Crippen LogP contribution >= 0.6 is 0 Å². The minimum Gasteiger partial charge on any atom is -0.497 e. The van der Waals surface area contributed by atoms with Crippen molar-refractivity contribution in [3.8, 4) is 5.75 Å². The zero-order valence-corrected chi connectivity index (χ0v) is 14.2. The molecule has 1 fully saturated rings. The SMILES string of the molecule is COc1cccc(N2CCN(S(=O)(=O)c3cccc(F)c3)CC2)c1. The molecule has 24 heavy (non-hydrogen) atoms. The maximum absolute atomic E-state index is 13.3. The van der Waals surface area contributed by atoms with E-state index in [1.807, 2.05) is 24.3 Å².